The highest BCUT2D eigenvalue weighted by Gasteiger charge is 2.52. The zero-order valence-corrected chi connectivity index (χ0v) is 12.5. The summed E-state index contributed by atoms with van der Waals surface area (Å²) in [5.41, 5.74) is -1.50. The van der Waals surface area contributed by atoms with E-state index in [9.17, 15) is 23.7 Å². The number of nitrogens with one attached hydrogen (secondary N) is 1. The molecule has 116 valence electrons. The van der Waals surface area contributed by atoms with Crippen molar-refractivity contribution in [1.82, 2.24) is 9.55 Å². The Labute approximate surface area is 123 Å². The van der Waals surface area contributed by atoms with Gasteiger partial charge in [0, 0.05) is 12.3 Å². The van der Waals surface area contributed by atoms with Crippen LogP contribution in [0.5, 0.6) is 0 Å². The fourth-order valence-electron chi connectivity index (χ4n) is 2.11. The summed E-state index contributed by atoms with van der Waals surface area (Å²) in [4.78, 5) is 24.6. The molecule has 21 heavy (non-hydrogen) atoms. The van der Waals surface area contributed by atoms with E-state index in [-0.39, 0.29) is 0 Å². The molecule has 0 aliphatic carbocycles. The summed E-state index contributed by atoms with van der Waals surface area (Å²) in [5.74, 6) is 0. The normalized spacial score (nSPS) is 31.1. The number of aromatic amines is 1. The van der Waals surface area contributed by atoms with Gasteiger partial charge in [0.15, 0.2) is 18.5 Å². The number of aliphatic hydroxyl groups is 1. The third-order valence-corrected chi connectivity index (χ3v) is 3.73. The predicted molar refractivity (Wildman–Crippen MR) is 73.3 cm³/mol. The van der Waals surface area contributed by atoms with Crippen LogP contribution in [0.15, 0.2) is 21.9 Å². The molecule has 1 aromatic heterocycles. The standard InChI is InChI=1S/C10H12FN2O6PS/c1-4(14)7-8(19-20(17)21)6(11)9(18-7)13-3-2-5(15)12-10(13)16/h2-4,6-9,14H,1H3,(H-,12,15,16,17,21)/p+1/t4-,6?,7+,8+,9+/m0/s1. The zero-order valence-electron chi connectivity index (χ0n) is 10.7. The number of halogens is 1. The number of nitrogens with zero attached hydrogens (tertiary/aromatic N) is 1. The van der Waals surface area contributed by atoms with Gasteiger partial charge in [-0.25, -0.2) is 9.18 Å². The van der Waals surface area contributed by atoms with E-state index in [1.165, 1.54) is 6.92 Å². The molecular weight excluding hydrogens is 326 g/mol. The summed E-state index contributed by atoms with van der Waals surface area (Å²) in [6.45, 7) is 1.34. The number of H-pyrrole nitrogens is 1. The first-order valence-electron chi connectivity index (χ1n) is 5.93. The first-order chi connectivity index (χ1) is 9.81. The number of aliphatic hydroxyl groups excluding tert-OH is 1. The molecule has 0 bridgehead atoms. The van der Waals surface area contributed by atoms with Crippen molar-refractivity contribution in [3.63, 3.8) is 0 Å². The molecule has 1 aliphatic rings. The molecule has 2 rings (SSSR count). The van der Waals surface area contributed by atoms with Crippen LogP contribution in [0.2, 0.25) is 0 Å². The molecule has 0 amide bonds. The van der Waals surface area contributed by atoms with Crippen molar-refractivity contribution >= 4 is 19.5 Å². The Bertz CT molecular complexity index is 649. The van der Waals surface area contributed by atoms with E-state index in [1.807, 2.05) is 4.98 Å². The van der Waals surface area contributed by atoms with E-state index < -0.39 is 49.2 Å². The summed E-state index contributed by atoms with van der Waals surface area (Å²) in [6, 6.07) is 1.03. The molecular formula is C10H13FN2O6PS+. The van der Waals surface area contributed by atoms with Gasteiger partial charge in [-0.3, -0.25) is 14.3 Å². The fraction of sp³-hybridized carbons (Fsp3) is 0.600. The molecule has 0 aromatic carbocycles. The number of ether oxygens (including phenoxy) is 1. The van der Waals surface area contributed by atoms with E-state index in [4.69, 9.17) is 9.26 Å². The van der Waals surface area contributed by atoms with Crippen molar-refractivity contribution in [2.24, 2.45) is 0 Å². The molecule has 2 heterocycles. The molecule has 1 aromatic rings. The van der Waals surface area contributed by atoms with Gasteiger partial charge in [0.05, 0.1) is 6.10 Å². The Hall–Kier alpha value is -1.06. The van der Waals surface area contributed by atoms with Crippen molar-refractivity contribution in [3.8, 4) is 0 Å². The topological polar surface area (TPSA) is 111 Å². The number of rotatable bonds is 4. The molecule has 1 fully saturated rings. The molecule has 0 spiro atoms. The largest absolute Gasteiger partial charge is 0.582 e. The first-order valence-corrected chi connectivity index (χ1v) is 8.26. The quantitative estimate of drug-likeness (QED) is 0.531. The Kier molecular flexibility index (Phi) is 4.95. The van der Waals surface area contributed by atoms with Gasteiger partial charge in [-0.1, -0.05) is 0 Å². The minimum atomic E-state index is -2.42. The number of thiol groups is 1. The van der Waals surface area contributed by atoms with Crippen molar-refractivity contribution < 1.29 is 23.3 Å². The van der Waals surface area contributed by atoms with Gasteiger partial charge >= 0.3 is 12.9 Å². The monoisotopic (exact) mass is 339 g/mol. The molecule has 2 N–H and O–H groups in total. The Morgan fingerprint density at radius 2 is 2.29 bits per heavy atom. The molecule has 1 saturated heterocycles. The van der Waals surface area contributed by atoms with Gasteiger partial charge in [-0.15, -0.1) is 4.52 Å². The number of hydrogen-bond donors (Lipinski definition) is 3. The minimum Gasteiger partial charge on any atom is -0.391 e. The van der Waals surface area contributed by atoms with Crippen molar-refractivity contribution in [3.05, 3.63) is 33.1 Å². The number of alkyl halides is 1. The van der Waals surface area contributed by atoms with Crippen LogP contribution in [0.25, 0.3) is 0 Å². The number of aromatic nitrogens is 2. The lowest BCUT2D eigenvalue weighted by molar-refractivity contribution is -0.0747. The molecule has 0 radical (unpaired) electrons. The van der Waals surface area contributed by atoms with Crippen molar-refractivity contribution in [2.75, 3.05) is 0 Å². The summed E-state index contributed by atoms with van der Waals surface area (Å²) < 4.78 is 36.4. The van der Waals surface area contributed by atoms with Gasteiger partial charge in [0.25, 0.3) is 5.56 Å². The molecule has 1 aliphatic heterocycles. The summed E-state index contributed by atoms with van der Waals surface area (Å²) in [6.07, 6.45) is -5.83. The average molecular weight is 339 g/mol. The Balaban J connectivity index is 2.35. The van der Waals surface area contributed by atoms with Crippen LogP contribution in [0, 0.1) is 0 Å². The second-order valence-corrected chi connectivity index (χ2v) is 6.17. The highest BCUT2D eigenvalue weighted by atomic mass is 32.7. The van der Waals surface area contributed by atoms with E-state index >= 15 is 0 Å². The lowest BCUT2D eigenvalue weighted by atomic mass is 10.1. The third-order valence-electron chi connectivity index (χ3n) is 3.02. The average Bonchev–Trinajstić information content (AvgIpc) is 2.67. The molecule has 6 atom stereocenters. The predicted octanol–water partition coefficient (Wildman–Crippen LogP) is 0.125. The van der Waals surface area contributed by atoms with Crippen molar-refractivity contribution in [1.29, 1.82) is 0 Å². The number of hydrogen-bond acceptors (Lipinski definition) is 6. The van der Waals surface area contributed by atoms with Crippen LogP contribution in [0.4, 0.5) is 4.39 Å². The summed E-state index contributed by atoms with van der Waals surface area (Å²) in [7, 11) is -2.42. The fourth-order valence-corrected chi connectivity index (χ4v) is 2.89. The third kappa shape index (κ3) is 3.41. The first kappa shape index (κ1) is 16.3. The summed E-state index contributed by atoms with van der Waals surface area (Å²) >= 11 is 3.54. The second-order valence-electron chi connectivity index (χ2n) is 4.50. The van der Waals surface area contributed by atoms with E-state index in [0.29, 0.717) is 0 Å². The van der Waals surface area contributed by atoms with Crippen LogP contribution in [0.1, 0.15) is 13.2 Å². The van der Waals surface area contributed by atoms with E-state index in [2.05, 4.69) is 12.2 Å². The van der Waals surface area contributed by atoms with Gasteiger partial charge in [-0.2, -0.15) is 0 Å². The van der Waals surface area contributed by atoms with Crippen LogP contribution in [-0.2, 0) is 13.8 Å². The van der Waals surface area contributed by atoms with Gasteiger partial charge in [-0.05, 0) is 11.5 Å². The van der Waals surface area contributed by atoms with Gasteiger partial charge in [0.1, 0.15) is 18.4 Å². The minimum absolute atomic E-state index is 0.636. The molecule has 2 unspecified atom stereocenters. The molecule has 0 saturated carbocycles. The maximum Gasteiger partial charge on any atom is 0.582 e. The van der Waals surface area contributed by atoms with E-state index in [1.54, 1.807) is 0 Å². The van der Waals surface area contributed by atoms with Crippen LogP contribution >= 0.6 is 19.5 Å². The maximum atomic E-state index is 14.4. The molecule has 8 nitrogen and oxygen atoms in total. The van der Waals surface area contributed by atoms with Crippen LogP contribution < -0.4 is 11.2 Å². The van der Waals surface area contributed by atoms with Gasteiger partial charge < -0.3 is 9.84 Å². The summed E-state index contributed by atoms with van der Waals surface area (Å²) in [5, 5.41) is 9.59. The smallest absolute Gasteiger partial charge is 0.391 e. The second kappa shape index (κ2) is 6.37. The highest BCUT2D eigenvalue weighted by Crippen LogP contribution is 2.40. The Morgan fingerprint density at radius 3 is 2.81 bits per heavy atom. The lowest BCUT2D eigenvalue weighted by Gasteiger charge is -2.17. The van der Waals surface area contributed by atoms with Crippen LogP contribution in [0.3, 0.4) is 0 Å². The molecule has 11 heteroatoms. The lowest BCUT2D eigenvalue weighted by Crippen LogP contribution is -2.37. The SMILES string of the molecule is C[C@H](O)[C@H]1O[C@@H](n2ccc(=O)[nH]c2=O)C(F)[C@H]1O[P+](=O)S. The maximum absolute atomic E-state index is 14.4. The van der Waals surface area contributed by atoms with Crippen LogP contribution in [-0.4, -0.2) is 39.1 Å². The Morgan fingerprint density at radius 1 is 1.62 bits per heavy atom. The van der Waals surface area contributed by atoms with E-state index in [0.717, 1.165) is 16.8 Å². The zero-order chi connectivity index (χ0) is 15.7. The highest BCUT2D eigenvalue weighted by molar-refractivity contribution is 8.39. The van der Waals surface area contributed by atoms with Crippen molar-refractivity contribution in [2.45, 2.75) is 37.6 Å². The van der Waals surface area contributed by atoms with Gasteiger partial charge in [0.2, 0.25) is 0 Å².